The number of benzene rings is 4. The zero-order valence-corrected chi connectivity index (χ0v) is 42.6. The third-order valence-corrected chi connectivity index (χ3v) is 13.6. The Morgan fingerprint density at radius 1 is 0.711 bits per heavy atom. The predicted molar refractivity (Wildman–Crippen MR) is 283 cm³/mol. The Balaban J connectivity index is 0.939. The summed E-state index contributed by atoms with van der Waals surface area (Å²) in [5.74, 6) is -1.67. The van der Waals surface area contributed by atoms with Gasteiger partial charge in [0.05, 0.1) is 31.5 Å². The van der Waals surface area contributed by atoms with Gasteiger partial charge in [-0.2, -0.15) is 0 Å². The maximum absolute atomic E-state index is 12.8. The number of aromatic nitrogens is 2. The molecule has 11 atom stereocenters. The Kier molecular flexibility index (Phi) is 21.2. The fourth-order valence-corrected chi connectivity index (χ4v) is 9.39. The second-order valence-electron chi connectivity index (χ2n) is 18.9. The second kappa shape index (κ2) is 27.9. The van der Waals surface area contributed by atoms with E-state index in [1.54, 1.807) is 53.4 Å². The van der Waals surface area contributed by atoms with Crippen LogP contribution in [0.15, 0.2) is 102 Å². The molecule has 3 heterocycles. The summed E-state index contributed by atoms with van der Waals surface area (Å²) in [7, 11) is 0. The maximum Gasteiger partial charge on any atom is 0.280 e. The zero-order chi connectivity index (χ0) is 54.3. The minimum absolute atomic E-state index is 0.102. The van der Waals surface area contributed by atoms with Crippen LogP contribution in [-0.2, 0) is 36.6 Å². The summed E-state index contributed by atoms with van der Waals surface area (Å²) in [5.41, 5.74) is 26.5. The third kappa shape index (κ3) is 15.6. The van der Waals surface area contributed by atoms with Crippen molar-refractivity contribution in [1.82, 2.24) is 25.5 Å². The van der Waals surface area contributed by atoms with Crippen molar-refractivity contribution in [3.8, 4) is 0 Å². The van der Waals surface area contributed by atoms with E-state index in [0.717, 1.165) is 34.7 Å². The van der Waals surface area contributed by atoms with Crippen molar-refractivity contribution in [2.75, 3.05) is 57.4 Å². The van der Waals surface area contributed by atoms with Crippen molar-refractivity contribution in [3.63, 3.8) is 0 Å². The summed E-state index contributed by atoms with van der Waals surface area (Å²) in [4.78, 5) is 39.0. The Bertz CT molecular complexity index is 2620. The van der Waals surface area contributed by atoms with Crippen molar-refractivity contribution < 1.29 is 59.2 Å². The minimum Gasteiger partial charge on any atom is -0.389 e. The number of nitrogens with two attached hydrogens (primary N) is 4. The molecule has 7 rings (SSSR count). The number of aliphatic hydroxyl groups excluding tert-OH is 6. The van der Waals surface area contributed by atoms with Gasteiger partial charge in [0.2, 0.25) is 5.91 Å². The maximum atomic E-state index is 12.8. The van der Waals surface area contributed by atoms with E-state index < -0.39 is 79.3 Å². The normalized spacial score (nSPS) is 22.2. The summed E-state index contributed by atoms with van der Waals surface area (Å²) in [5, 5.41) is 75.2. The first-order chi connectivity index (χ1) is 36.6. The number of carbonyl (C=O) groups excluding carboxylic acids is 2. The van der Waals surface area contributed by atoms with E-state index in [-0.39, 0.29) is 67.8 Å². The lowest BCUT2D eigenvalue weighted by Crippen LogP contribution is -2.56. The van der Waals surface area contributed by atoms with Gasteiger partial charge in [0.25, 0.3) is 5.91 Å². The molecule has 16 N–H and O–H groups in total. The van der Waals surface area contributed by atoms with E-state index in [9.17, 15) is 40.2 Å². The molecule has 5 aromatic rings. The lowest BCUT2D eigenvalue weighted by atomic mass is 9.93. The number of guanidine groups is 1. The number of nitrogens with one attached hydrogen (secondary N) is 2. The summed E-state index contributed by atoms with van der Waals surface area (Å²) in [6, 6.07) is 29.4. The van der Waals surface area contributed by atoms with E-state index >= 15 is 0 Å². The van der Waals surface area contributed by atoms with Crippen LogP contribution in [0.3, 0.4) is 0 Å². The highest BCUT2D eigenvalue weighted by molar-refractivity contribution is 6.31. The smallest absolute Gasteiger partial charge is 0.280 e. The van der Waals surface area contributed by atoms with Gasteiger partial charge in [0.1, 0.15) is 36.6 Å². The van der Waals surface area contributed by atoms with Gasteiger partial charge < -0.3 is 77.8 Å². The number of aliphatic hydroxyl groups is 6. The van der Waals surface area contributed by atoms with Gasteiger partial charge in [-0.3, -0.25) is 24.8 Å². The van der Waals surface area contributed by atoms with Crippen molar-refractivity contribution >= 4 is 51.8 Å². The van der Waals surface area contributed by atoms with Crippen molar-refractivity contribution in [1.29, 1.82) is 0 Å². The van der Waals surface area contributed by atoms with E-state index in [4.69, 9.17) is 53.5 Å². The molecule has 2 aliphatic heterocycles. The van der Waals surface area contributed by atoms with Crippen LogP contribution in [0.1, 0.15) is 71.0 Å². The van der Waals surface area contributed by atoms with E-state index in [2.05, 4.69) is 43.8 Å². The Hall–Kier alpha value is -5.96. The molecule has 0 spiro atoms. The number of hydrogen-bond donors (Lipinski definition) is 12. The number of unbranched alkanes of at least 4 members (excludes halogenated alkanes) is 1. The van der Waals surface area contributed by atoms with Crippen LogP contribution in [0.25, 0.3) is 10.8 Å². The number of carbonyl (C=O) groups is 2. The lowest BCUT2D eigenvalue weighted by Gasteiger charge is -2.40. The van der Waals surface area contributed by atoms with Crippen molar-refractivity contribution in [3.05, 3.63) is 130 Å². The van der Waals surface area contributed by atoms with Crippen LogP contribution in [0.5, 0.6) is 0 Å². The minimum atomic E-state index is -1.60. The van der Waals surface area contributed by atoms with E-state index in [0.29, 0.717) is 43.4 Å². The topological polar surface area (TPSA) is 362 Å². The molecule has 0 radical (unpaired) electrons. The largest absolute Gasteiger partial charge is 0.389 e. The molecule has 22 nitrogen and oxygen atoms in total. The fraction of sp³-hybridized carbons (Fsp3) is 0.453. The number of amides is 2. The Labute approximate surface area is 445 Å². The second-order valence-corrected chi connectivity index (χ2v) is 19.3. The predicted octanol–water partition coefficient (Wildman–Crippen LogP) is 0.977. The molecule has 4 aromatic carbocycles. The molecule has 2 aliphatic rings. The average Bonchev–Trinajstić information content (AvgIpc) is 3.42. The average molecular weight is 1070 g/mol. The first-order valence-electron chi connectivity index (χ1n) is 25.2. The van der Waals surface area contributed by atoms with Gasteiger partial charge in [0, 0.05) is 30.8 Å². The number of halogens is 1. The molecule has 2 unspecified atom stereocenters. The molecule has 2 saturated heterocycles. The molecule has 0 bridgehead atoms. The number of hydrogen-bond acceptors (Lipinski definition) is 19. The number of primary amides is 1. The number of fused-ring (bicyclic) bond motifs is 1. The zero-order valence-electron chi connectivity index (χ0n) is 41.9. The summed E-state index contributed by atoms with van der Waals surface area (Å²) in [6.07, 6.45) is -9.59. The van der Waals surface area contributed by atoms with Gasteiger partial charge >= 0.3 is 0 Å². The highest BCUT2D eigenvalue weighted by Gasteiger charge is 2.42. The van der Waals surface area contributed by atoms with Crippen molar-refractivity contribution in [2.45, 2.75) is 106 Å². The number of nitrogens with zero attached hydrogens (tertiary/aromatic N) is 4. The number of rotatable bonds is 25. The number of aliphatic imine (C=N–C) groups is 1. The van der Waals surface area contributed by atoms with Crippen LogP contribution in [0.4, 0.5) is 11.6 Å². The van der Waals surface area contributed by atoms with Gasteiger partial charge in [-0.1, -0.05) is 109 Å². The molecule has 76 heavy (non-hydrogen) atoms. The molecule has 23 heteroatoms. The number of aryl methyl sites for hydroxylation is 2. The molecule has 2 amide bonds. The van der Waals surface area contributed by atoms with Crippen LogP contribution in [0, 0.1) is 0 Å². The van der Waals surface area contributed by atoms with E-state index in [1.807, 2.05) is 30.3 Å². The molecule has 2 fully saturated rings. The number of ether oxygens (including phenoxy) is 4. The molecular weight excluding hydrogens is 1000 g/mol. The highest BCUT2D eigenvalue weighted by Crippen LogP contribution is 2.31. The monoisotopic (exact) mass is 1070 g/mol. The number of nitrogen functional groups attached to an aromatic ring is 2. The highest BCUT2D eigenvalue weighted by atomic mass is 35.5. The van der Waals surface area contributed by atoms with Crippen LogP contribution in [-0.4, -0.2) is 164 Å². The molecule has 1 aromatic heterocycles. The fourth-order valence-electron chi connectivity index (χ4n) is 9.27. The third-order valence-electron chi connectivity index (χ3n) is 13.3. The number of anilines is 2. The van der Waals surface area contributed by atoms with Crippen LogP contribution < -0.4 is 33.6 Å². The van der Waals surface area contributed by atoms with E-state index in [1.165, 1.54) is 0 Å². The summed E-state index contributed by atoms with van der Waals surface area (Å²) < 4.78 is 23.3. The Morgan fingerprint density at radius 2 is 1.24 bits per heavy atom. The quantitative estimate of drug-likeness (QED) is 0.0220. The standard InChI is InChI=1S/C53H69ClN10O12/c54-46-48(56)62-47(55)41(61-46)50(72)63-53(58)60-23-10-9-12-30-19-20-31(35-18-8-7-17-34(30)35)21-22-36(49(57)71)59-24-11-25-64(26-37(65)42(69)44-39(67)28-73-51(75-44)32-13-3-1-4-14-32)27-38(66)43(70)45-40(68)29-74-52(76-45)33-15-5-2-6-16-33/h1-8,13-20,36-40,42-45,51-52,59,65-70H,9-12,21-29H2,(H2,57,71)(H4,55,56,62)(H3,58,60,63,72)/t36-,37-,38-,39+,40+,42+,43+,44+,45+,51?,52?/m0/s1. The van der Waals surface area contributed by atoms with Gasteiger partial charge in [-0.15, -0.1) is 0 Å². The summed E-state index contributed by atoms with van der Waals surface area (Å²) in [6.45, 7) is 0.0223. The SMILES string of the molecule is NC(=O)[C@H](CCc1ccc(CCCCN=C(N)NC(=O)c2nc(Cl)c(N)nc2N)c2ccccc12)NCCCN(C[C@H](O)[C@@H](O)[C@@H]1OC(c2ccccc2)OC[C@H]1O)C[C@H](O)[C@@H](O)[C@@H]1OC(c2ccccc2)OC[C@H]1O. The first-order valence-corrected chi connectivity index (χ1v) is 25.6. The van der Waals surface area contributed by atoms with Crippen LogP contribution >= 0.6 is 11.6 Å². The van der Waals surface area contributed by atoms with Crippen LogP contribution in [0.2, 0.25) is 5.15 Å². The molecule has 0 aliphatic carbocycles. The lowest BCUT2D eigenvalue weighted by molar-refractivity contribution is -0.285. The molecule has 410 valence electrons. The molecular formula is C53H69ClN10O12. The van der Waals surface area contributed by atoms with Gasteiger partial charge in [-0.25, -0.2) is 9.97 Å². The van der Waals surface area contributed by atoms with Crippen molar-refractivity contribution in [2.24, 2.45) is 16.5 Å². The Morgan fingerprint density at radius 3 is 1.78 bits per heavy atom. The molecule has 0 saturated carbocycles. The summed E-state index contributed by atoms with van der Waals surface area (Å²) >= 11 is 5.89. The van der Waals surface area contributed by atoms with Gasteiger partial charge in [-0.05, 0) is 73.5 Å². The van der Waals surface area contributed by atoms with Gasteiger partial charge in [0.15, 0.2) is 41.0 Å². The first kappa shape index (κ1) is 57.7.